The van der Waals surface area contributed by atoms with Crippen molar-refractivity contribution in [3.8, 4) is 11.3 Å². The van der Waals surface area contributed by atoms with Crippen molar-refractivity contribution in [1.82, 2.24) is 14.8 Å². The first-order valence-electron chi connectivity index (χ1n) is 7.27. The molecule has 0 unspecified atom stereocenters. The average molecular weight is 343 g/mol. The molecule has 8 heteroatoms. The summed E-state index contributed by atoms with van der Waals surface area (Å²) in [6.45, 7) is -0.513. The van der Waals surface area contributed by atoms with E-state index in [1.54, 1.807) is 6.07 Å². The van der Waals surface area contributed by atoms with E-state index in [1.165, 1.54) is 18.5 Å². The third-order valence-corrected chi connectivity index (χ3v) is 4.38. The van der Waals surface area contributed by atoms with Crippen LogP contribution in [0.25, 0.3) is 11.3 Å². The molecule has 1 aliphatic carbocycles. The van der Waals surface area contributed by atoms with Crippen LogP contribution in [0.15, 0.2) is 24.5 Å². The molecule has 0 aromatic carbocycles. The van der Waals surface area contributed by atoms with E-state index in [0.717, 1.165) is 12.8 Å². The molecule has 1 saturated carbocycles. The molecule has 0 radical (unpaired) electrons. The second-order valence-electron chi connectivity index (χ2n) is 6.23. The Hall–Kier alpha value is -1.73. The van der Waals surface area contributed by atoms with E-state index in [4.69, 9.17) is 11.6 Å². The molecule has 2 N–H and O–H groups in total. The number of halogens is 3. The maximum atomic E-state index is 12.7. The Balaban J connectivity index is 1.83. The fraction of sp³-hybridized carbons (Fsp3) is 0.467. The lowest BCUT2D eigenvalue weighted by molar-refractivity contribution is 0.0526. The Morgan fingerprint density at radius 2 is 2.26 bits per heavy atom. The van der Waals surface area contributed by atoms with E-state index in [-0.39, 0.29) is 18.1 Å². The lowest BCUT2D eigenvalue weighted by atomic mass is 9.67. The number of hydrogen-bond donors (Lipinski definition) is 2. The molecule has 3 rings (SSSR count). The number of nitrogens with zero attached hydrogens (tertiary/aromatic N) is 3. The topological polar surface area (TPSA) is 63.0 Å². The van der Waals surface area contributed by atoms with Crippen LogP contribution in [-0.4, -0.2) is 32.5 Å². The van der Waals surface area contributed by atoms with Gasteiger partial charge >= 0.3 is 6.55 Å². The number of anilines is 1. The summed E-state index contributed by atoms with van der Waals surface area (Å²) in [6, 6.07) is 3.37. The number of alkyl halides is 2. The van der Waals surface area contributed by atoms with E-state index in [0.29, 0.717) is 26.8 Å². The number of aliphatic hydroxyl groups excluding tert-OH is 1. The van der Waals surface area contributed by atoms with E-state index >= 15 is 0 Å². The molecule has 2 aromatic heterocycles. The number of rotatable bonds is 5. The number of hydrogen-bond acceptors (Lipinski definition) is 4. The standard InChI is InChI=1S/C15H17ClF2N4O/c1-15(8-23)5-9(6-15)20-12-4-13(16)19-7-10(12)11-2-3-22(21-11)14(17)18/h2-4,7,9,14,23H,5-6,8H2,1H3,(H,19,20). The lowest BCUT2D eigenvalue weighted by Crippen LogP contribution is -2.45. The van der Waals surface area contributed by atoms with Crippen LogP contribution in [0.1, 0.15) is 26.3 Å². The van der Waals surface area contributed by atoms with Crippen LogP contribution in [0, 0.1) is 5.41 Å². The SMILES string of the molecule is CC1(CO)CC(Nc2cc(Cl)ncc2-c2ccn(C(F)F)n2)C1. The summed E-state index contributed by atoms with van der Waals surface area (Å²) in [6.07, 6.45) is 4.40. The van der Waals surface area contributed by atoms with Gasteiger partial charge in [-0.3, -0.25) is 0 Å². The number of aliphatic hydroxyl groups is 1. The van der Waals surface area contributed by atoms with Crippen LogP contribution in [0.5, 0.6) is 0 Å². The van der Waals surface area contributed by atoms with Gasteiger partial charge in [-0.1, -0.05) is 18.5 Å². The van der Waals surface area contributed by atoms with Crippen molar-refractivity contribution in [1.29, 1.82) is 0 Å². The van der Waals surface area contributed by atoms with Crippen molar-refractivity contribution in [2.24, 2.45) is 5.41 Å². The Kier molecular flexibility index (Phi) is 4.25. The zero-order valence-electron chi connectivity index (χ0n) is 12.5. The van der Waals surface area contributed by atoms with Gasteiger partial charge < -0.3 is 10.4 Å². The van der Waals surface area contributed by atoms with Gasteiger partial charge in [-0.05, 0) is 30.4 Å². The van der Waals surface area contributed by atoms with Gasteiger partial charge in [0.15, 0.2) is 0 Å². The summed E-state index contributed by atoms with van der Waals surface area (Å²) in [7, 11) is 0. The Bertz CT molecular complexity index is 701. The molecule has 5 nitrogen and oxygen atoms in total. The van der Waals surface area contributed by atoms with Gasteiger partial charge in [0.05, 0.1) is 5.69 Å². The van der Waals surface area contributed by atoms with Crippen molar-refractivity contribution in [2.75, 3.05) is 11.9 Å². The summed E-state index contributed by atoms with van der Waals surface area (Å²) in [5.74, 6) is 0. The molecule has 1 aliphatic rings. The molecule has 0 atom stereocenters. The van der Waals surface area contributed by atoms with Gasteiger partial charge in [0.2, 0.25) is 0 Å². The van der Waals surface area contributed by atoms with Gasteiger partial charge in [-0.2, -0.15) is 13.9 Å². The minimum atomic E-state index is -2.68. The molecule has 124 valence electrons. The third kappa shape index (κ3) is 3.30. The second-order valence-corrected chi connectivity index (χ2v) is 6.62. The third-order valence-electron chi connectivity index (χ3n) is 4.17. The summed E-state index contributed by atoms with van der Waals surface area (Å²) >= 11 is 5.95. The van der Waals surface area contributed by atoms with E-state index in [1.807, 2.05) is 6.92 Å². The fourth-order valence-corrected chi connectivity index (χ4v) is 3.08. The number of aromatic nitrogens is 3. The number of pyridine rings is 1. The first kappa shape index (κ1) is 16.1. The second kappa shape index (κ2) is 6.05. The minimum absolute atomic E-state index is 0.0636. The first-order chi connectivity index (χ1) is 10.9. The van der Waals surface area contributed by atoms with Crippen LogP contribution >= 0.6 is 11.6 Å². The summed E-state index contributed by atoms with van der Waals surface area (Å²) < 4.78 is 26.0. The van der Waals surface area contributed by atoms with Crippen LogP contribution in [0.2, 0.25) is 5.15 Å². The Labute approximate surface area is 137 Å². The minimum Gasteiger partial charge on any atom is -0.396 e. The lowest BCUT2D eigenvalue weighted by Gasteiger charge is -2.44. The molecule has 2 heterocycles. The summed E-state index contributed by atoms with van der Waals surface area (Å²) in [5, 5.41) is 16.8. The average Bonchev–Trinajstić information content (AvgIpc) is 2.95. The quantitative estimate of drug-likeness (QED) is 0.815. The Morgan fingerprint density at radius 3 is 2.87 bits per heavy atom. The largest absolute Gasteiger partial charge is 0.396 e. The molecule has 0 amide bonds. The maximum Gasteiger partial charge on any atom is 0.333 e. The monoisotopic (exact) mass is 342 g/mol. The molecule has 0 aliphatic heterocycles. The van der Waals surface area contributed by atoms with Crippen LogP contribution in [-0.2, 0) is 0 Å². The highest BCUT2D eigenvalue weighted by molar-refractivity contribution is 6.29. The van der Waals surface area contributed by atoms with Gasteiger partial charge in [0.25, 0.3) is 0 Å². The summed E-state index contributed by atoms with van der Waals surface area (Å²) in [5.41, 5.74) is 1.66. The van der Waals surface area contributed by atoms with Crippen LogP contribution in [0.3, 0.4) is 0 Å². The molecule has 0 spiro atoms. The van der Waals surface area contributed by atoms with Crippen molar-refractivity contribution in [3.63, 3.8) is 0 Å². The zero-order chi connectivity index (χ0) is 16.6. The number of nitrogens with one attached hydrogen (secondary N) is 1. The van der Waals surface area contributed by atoms with Crippen molar-refractivity contribution >= 4 is 17.3 Å². The zero-order valence-corrected chi connectivity index (χ0v) is 13.3. The van der Waals surface area contributed by atoms with Gasteiger partial charge in [0.1, 0.15) is 5.15 Å². The normalized spacial score (nSPS) is 23.8. The molecular weight excluding hydrogens is 326 g/mol. The van der Waals surface area contributed by atoms with Crippen molar-refractivity contribution in [3.05, 3.63) is 29.7 Å². The first-order valence-corrected chi connectivity index (χ1v) is 7.65. The molecule has 23 heavy (non-hydrogen) atoms. The van der Waals surface area contributed by atoms with Crippen LogP contribution < -0.4 is 5.32 Å². The highest BCUT2D eigenvalue weighted by atomic mass is 35.5. The van der Waals surface area contributed by atoms with E-state index in [2.05, 4.69) is 15.4 Å². The van der Waals surface area contributed by atoms with Crippen molar-refractivity contribution in [2.45, 2.75) is 32.4 Å². The Morgan fingerprint density at radius 1 is 1.52 bits per heavy atom. The highest BCUT2D eigenvalue weighted by Crippen LogP contribution is 2.42. The fourth-order valence-electron chi connectivity index (χ4n) is 2.92. The highest BCUT2D eigenvalue weighted by Gasteiger charge is 2.39. The van der Waals surface area contributed by atoms with E-state index in [9.17, 15) is 13.9 Å². The van der Waals surface area contributed by atoms with Gasteiger partial charge in [-0.15, -0.1) is 0 Å². The molecular formula is C15H17ClF2N4O. The van der Waals surface area contributed by atoms with Crippen molar-refractivity contribution < 1.29 is 13.9 Å². The maximum absolute atomic E-state index is 12.7. The smallest absolute Gasteiger partial charge is 0.333 e. The molecule has 1 fully saturated rings. The van der Waals surface area contributed by atoms with Gasteiger partial charge in [-0.25, -0.2) is 9.67 Å². The predicted octanol–water partition coefficient (Wildman–Crippen LogP) is 3.57. The van der Waals surface area contributed by atoms with E-state index < -0.39 is 6.55 Å². The van der Waals surface area contributed by atoms with Crippen LogP contribution in [0.4, 0.5) is 14.5 Å². The molecule has 2 aromatic rings. The van der Waals surface area contributed by atoms with Gasteiger partial charge in [0, 0.05) is 36.3 Å². The summed E-state index contributed by atoms with van der Waals surface area (Å²) in [4.78, 5) is 4.01. The molecule has 0 saturated heterocycles. The molecule has 0 bridgehead atoms. The predicted molar refractivity (Wildman–Crippen MR) is 83.6 cm³/mol.